The second-order valence-corrected chi connectivity index (χ2v) is 6.33. The van der Waals surface area contributed by atoms with E-state index in [0.717, 1.165) is 37.2 Å². The summed E-state index contributed by atoms with van der Waals surface area (Å²) in [4.78, 5) is 12.2. The molecule has 3 heteroatoms. The van der Waals surface area contributed by atoms with Crippen LogP contribution in [-0.4, -0.2) is 20.0 Å². The first-order chi connectivity index (χ1) is 10.2. The molecule has 2 aliphatic carbocycles. The molecule has 1 aromatic rings. The predicted molar refractivity (Wildman–Crippen MR) is 82.2 cm³/mol. The highest BCUT2D eigenvalue weighted by molar-refractivity contribution is 5.82. The fourth-order valence-corrected chi connectivity index (χ4v) is 4.55. The van der Waals surface area contributed by atoms with E-state index < -0.39 is 0 Å². The first-order valence-corrected chi connectivity index (χ1v) is 7.92. The lowest BCUT2D eigenvalue weighted by Crippen LogP contribution is -2.44. The lowest BCUT2D eigenvalue weighted by Gasteiger charge is -2.48. The van der Waals surface area contributed by atoms with Crippen LogP contribution in [0.3, 0.4) is 0 Å². The number of methoxy groups -OCH3 is 2. The Balaban J connectivity index is 2.23. The second-order valence-electron chi connectivity index (χ2n) is 6.33. The van der Waals surface area contributed by atoms with E-state index >= 15 is 0 Å². The Hall–Kier alpha value is -1.51. The van der Waals surface area contributed by atoms with Crippen LogP contribution in [0.15, 0.2) is 12.1 Å². The number of hydrogen-bond donors (Lipinski definition) is 0. The van der Waals surface area contributed by atoms with Crippen LogP contribution in [0.25, 0.3) is 0 Å². The molecule has 0 aliphatic heterocycles. The summed E-state index contributed by atoms with van der Waals surface area (Å²) in [6.07, 6.45) is 5.67. The zero-order chi connectivity index (χ0) is 15.0. The molecule has 0 spiro atoms. The number of ether oxygens (including phenoxy) is 2. The number of rotatable bonds is 3. The number of fused-ring (bicyclic) bond motifs is 3. The van der Waals surface area contributed by atoms with Gasteiger partial charge in [0.2, 0.25) is 0 Å². The molecule has 2 atom stereocenters. The zero-order valence-electron chi connectivity index (χ0n) is 13.2. The summed E-state index contributed by atoms with van der Waals surface area (Å²) in [6.45, 7) is 2.21. The lowest BCUT2D eigenvalue weighted by atomic mass is 9.55. The van der Waals surface area contributed by atoms with Gasteiger partial charge in [0.1, 0.15) is 5.78 Å². The first kappa shape index (κ1) is 14.4. The van der Waals surface area contributed by atoms with Gasteiger partial charge in [-0.2, -0.15) is 0 Å². The van der Waals surface area contributed by atoms with Gasteiger partial charge in [-0.3, -0.25) is 4.79 Å². The summed E-state index contributed by atoms with van der Waals surface area (Å²) in [5.41, 5.74) is 2.53. The van der Waals surface area contributed by atoms with Crippen LogP contribution < -0.4 is 9.47 Å². The molecule has 2 unspecified atom stereocenters. The maximum atomic E-state index is 12.2. The van der Waals surface area contributed by atoms with Crippen LogP contribution in [0.2, 0.25) is 0 Å². The van der Waals surface area contributed by atoms with E-state index in [1.54, 1.807) is 14.2 Å². The predicted octanol–water partition coefficient (Wildman–Crippen LogP) is 3.67. The molecule has 1 fully saturated rings. The Morgan fingerprint density at radius 3 is 2.62 bits per heavy atom. The summed E-state index contributed by atoms with van der Waals surface area (Å²) >= 11 is 0. The van der Waals surface area contributed by atoms with Crippen LogP contribution in [0.1, 0.15) is 50.2 Å². The van der Waals surface area contributed by atoms with Crippen LogP contribution in [0.5, 0.6) is 11.5 Å². The van der Waals surface area contributed by atoms with Crippen molar-refractivity contribution >= 4 is 5.78 Å². The maximum absolute atomic E-state index is 12.2. The molecular formula is C18H24O3. The fraction of sp³-hybridized carbons (Fsp3) is 0.611. The normalized spacial score (nSPS) is 27.8. The Labute approximate surface area is 126 Å². The number of carbonyl (C=O) groups is 1. The summed E-state index contributed by atoms with van der Waals surface area (Å²) in [5.74, 6) is 2.61. The van der Waals surface area contributed by atoms with Crippen LogP contribution in [0.4, 0.5) is 0 Å². The standard InChI is InChI=1S/C18H24O3/c1-4-18-11-14(19)9-8-13(18)7-5-12-6-10-15(20-2)17(21-3)16(12)18/h6,10,13H,4-5,7-9,11H2,1-3H3. The Bertz CT molecular complexity index is 564. The van der Waals surface area contributed by atoms with Crippen molar-refractivity contribution < 1.29 is 14.3 Å². The van der Waals surface area contributed by atoms with Gasteiger partial charge in [0, 0.05) is 23.8 Å². The van der Waals surface area contributed by atoms with Gasteiger partial charge < -0.3 is 9.47 Å². The summed E-state index contributed by atoms with van der Waals surface area (Å²) < 4.78 is 11.2. The molecule has 1 aromatic carbocycles. The summed E-state index contributed by atoms with van der Waals surface area (Å²) in [5, 5.41) is 0. The highest BCUT2D eigenvalue weighted by Crippen LogP contribution is 2.55. The van der Waals surface area contributed by atoms with Crippen molar-refractivity contribution in [1.29, 1.82) is 0 Å². The molecule has 0 amide bonds. The monoisotopic (exact) mass is 288 g/mol. The van der Waals surface area contributed by atoms with Gasteiger partial charge in [-0.1, -0.05) is 13.0 Å². The molecule has 0 radical (unpaired) electrons. The SMILES string of the molecule is CCC12CC(=O)CCC1CCc1ccc(OC)c(OC)c12. The third-order valence-electron chi connectivity index (χ3n) is 5.59. The van der Waals surface area contributed by atoms with Gasteiger partial charge in [0.15, 0.2) is 11.5 Å². The van der Waals surface area contributed by atoms with E-state index in [1.165, 1.54) is 17.5 Å². The van der Waals surface area contributed by atoms with E-state index in [-0.39, 0.29) is 5.41 Å². The van der Waals surface area contributed by atoms with Crippen LogP contribution in [-0.2, 0) is 16.6 Å². The maximum Gasteiger partial charge on any atom is 0.164 e. The molecule has 21 heavy (non-hydrogen) atoms. The smallest absolute Gasteiger partial charge is 0.164 e. The molecular weight excluding hydrogens is 264 g/mol. The first-order valence-electron chi connectivity index (χ1n) is 7.92. The molecule has 0 saturated heterocycles. The molecule has 0 aromatic heterocycles. The Kier molecular flexibility index (Phi) is 3.68. The van der Waals surface area contributed by atoms with Crippen LogP contribution in [0, 0.1) is 5.92 Å². The minimum atomic E-state index is -0.0528. The van der Waals surface area contributed by atoms with E-state index in [0.29, 0.717) is 18.1 Å². The van der Waals surface area contributed by atoms with E-state index in [4.69, 9.17) is 9.47 Å². The number of carbonyl (C=O) groups excluding carboxylic acids is 1. The number of ketones is 1. The van der Waals surface area contributed by atoms with Gasteiger partial charge >= 0.3 is 0 Å². The topological polar surface area (TPSA) is 35.5 Å². The van der Waals surface area contributed by atoms with Gasteiger partial charge in [0.25, 0.3) is 0 Å². The van der Waals surface area contributed by atoms with Crippen molar-refractivity contribution in [2.75, 3.05) is 14.2 Å². The van der Waals surface area contributed by atoms with E-state index in [2.05, 4.69) is 13.0 Å². The van der Waals surface area contributed by atoms with Gasteiger partial charge in [-0.25, -0.2) is 0 Å². The lowest BCUT2D eigenvalue weighted by molar-refractivity contribution is -0.124. The van der Waals surface area contributed by atoms with Gasteiger partial charge in [-0.15, -0.1) is 0 Å². The van der Waals surface area contributed by atoms with E-state index in [9.17, 15) is 4.79 Å². The number of benzene rings is 1. The van der Waals surface area contributed by atoms with Crippen molar-refractivity contribution in [3.8, 4) is 11.5 Å². The average molecular weight is 288 g/mol. The number of Topliss-reactive ketones (excluding diaryl/α,β-unsaturated/α-hetero) is 1. The average Bonchev–Trinajstić information content (AvgIpc) is 2.52. The van der Waals surface area contributed by atoms with E-state index in [1.807, 2.05) is 6.07 Å². The van der Waals surface area contributed by atoms with Crippen molar-refractivity contribution in [2.24, 2.45) is 5.92 Å². The highest BCUT2D eigenvalue weighted by atomic mass is 16.5. The Morgan fingerprint density at radius 2 is 1.95 bits per heavy atom. The summed E-state index contributed by atoms with van der Waals surface area (Å²) in [6, 6.07) is 4.15. The molecule has 0 N–H and O–H groups in total. The molecule has 3 nitrogen and oxygen atoms in total. The molecule has 0 bridgehead atoms. The van der Waals surface area contributed by atoms with Crippen molar-refractivity contribution in [3.63, 3.8) is 0 Å². The molecule has 1 saturated carbocycles. The quantitative estimate of drug-likeness (QED) is 0.851. The minimum Gasteiger partial charge on any atom is -0.493 e. The van der Waals surface area contributed by atoms with Crippen molar-refractivity contribution in [1.82, 2.24) is 0 Å². The highest BCUT2D eigenvalue weighted by Gasteiger charge is 2.48. The van der Waals surface area contributed by atoms with Crippen molar-refractivity contribution in [3.05, 3.63) is 23.3 Å². The second kappa shape index (κ2) is 5.36. The molecule has 0 heterocycles. The molecule has 114 valence electrons. The third-order valence-corrected chi connectivity index (χ3v) is 5.59. The third kappa shape index (κ3) is 2.05. The number of aryl methyl sites for hydroxylation is 1. The van der Waals surface area contributed by atoms with Gasteiger partial charge in [-0.05, 0) is 43.2 Å². The number of hydrogen-bond acceptors (Lipinski definition) is 3. The fourth-order valence-electron chi connectivity index (χ4n) is 4.55. The minimum absolute atomic E-state index is 0.0528. The Morgan fingerprint density at radius 1 is 1.19 bits per heavy atom. The molecule has 2 aliphatic rings. The van der Waals surface area contributed by atoms with Crippen molar-refractivity contribution in [2.45, 2.75) is 50.9 Å². The zero-order valence-corrected chi connectivity index (χ0v) is 13.2. The largest absolute Gasteiger partial charge is 0.493 e. The van der Waals surface area contributed by atoms with Crippen LogP contribution >= 0.6 is 0 Å². The molecule has 3 rings (SSSR count). The summed E-state index contributed by atoms with van der Waals surface area (Å²) in [7, 11) is 3.38. The van der Waals surface area contributed by atoms with Gasteiger partial charge in [0.05, 0.1) is 14.2 Å².